The molecule has 4 atom stereocenters. The summed E-state index contributed by atoms with van der Waals surface area (Å²) in [6.07, 6.45) is -1.56. The van der Waals surface area contributed by atoms with Crippen LogP contribution in [0.2, 0.25) is 0 Å². The van der Waals surface area contributed by atoms with Crippen molar-refractivity contribution in [3.63, 3.8) is 0 Å². The van der Waals surface area contributed by atoms with E-state index in [2.05, 4.69) is 49.5 Å². The highest BCUT2D eigenvalue weighted by Crippen LogP contribution is 2.58. The van der Waals surface area contributed by atoms with Crippen LogP contribution in [0.4, 0.5) is 5.95 Å². The fourth-order valence-electron chi connectivity index (χ4n) is 5.75. The zero-order valence-corrected chi connectivity index (χ0v) is 17.5. The normalized spacial score (nSPS) is 25.8. The predicted octanol–water partition coefficient (Wildman–Crippen LogP) is 2.62. The smallest absolute Gasteiger partial charge is 0.278 e. The van der Waals surface area contributed by atoms with Gasteiger partial charge in [-0.3, -0.25) is 9.78 Å². The van der Waals surface area contributed by atoms with E-state index in [-0.39, 0.29) is 22.7 Å². The maximum atomic E-state index is 12.5. The van der Waals surface area contributed by atoms with Crippen LogP contribution in [0, 0.1) is 0 Å². The molecule has 4 aromatic carbocycles. The van der Waals surface area contributed by atoms with Gasteiger partial charge in [0.25, 0.3) is 5.56 Å². The number of anilines is 1. The summed E-state index contributed by atoms with van der Waals surface area (Å²) in [4.78, 5) is 26.5. The first-order valence-corrected chi connectivity index (χ1v) is 11.0. The number of aromatic nitrogens is 4. The summed E-state index contributed by atoms with van der Waals surface area (Å²) in [6, 6.07) is 16.3. The van der Waals surface area contributed by atoms with Gasteiger partial charge in [0.15, 0.2) is 16.9 Å². The Labute approximate surface area is 190 Å². The fraction of sp³-hybridized carbons (Fsp3) is 0.160. The minimum absolute atomic E-state index is 0.173. The third-order valence-electron chi connectivity index (χ3n) is 7.26. The summed E-state index contributed by atoms with van der Waals surface area (Å²) in [5.74, 6) is 0.173. The van der Waals surface area contributed by atoms with E-state index in [1.165, 1.54) is 6.33 Å². The van der Waals surface area contributed by atoms with E-state index in [1.54, 1.807) is 0 Å². The molecule has 9 nitrogen and oxygen atoms in total. The summed E-state index contributed by atoms with van der Waals surface area (Å²) in [5.41, 5.74) is 0.348. The van der Waals surface area contributed by atoms with Gasteiger partial charge < -0.3 is 25.3 Å². The van der Waals surface area contributed by atoms with Crippen molar-refractivity contribution in [1.29, 1.82) is 0 Å². The Morgan fingerprint density at radius 3 is 2.68 bits per heavy atom. The van der Waals surface area contributed by atoms with Crippen LogP contribution >= 0.6 is 0 Å². The molecular weight excluding hydrogens is 434 g/mol. The Morgan fingerprint density at radius 2 is 1.82 bits per heavy atom. The lowest BCUT2D eigenvalue weighted by atomic mass is 9.78. The molecule has 6 aromatic rings. The second-order valence-electron chi connectivity index (χ2n) is 9.05. The van der Waals surface area contributed by atoms with Crippen molar-refractivity contribution >= 4 is 49.4 Å². The van der Waals surface area contributed by atoms with Crippen LogP contribution in [0.5, 0.6) is 0 Å². The van der Waals surface area contributed by atoms with Crippen LogP contribution in [0.15, 0.2) is 59.7 Å². The third kappa shape index (κ3) is 2.12. The minimum atomic E-state index is -1.16. The molecule has 1 saturated heterocycles. The van der Waals surface area contributed by atoms with Crippen LogP contribution in [-0.4, -0.2) is 42.4 Å². The number of rotatable bonds is 2. The van der Waals surface area contributed by atoms with Crippen molar-refractivity contribution in [3.8, 4) is 0 Å². The number of H-pyrrole nitrogens is 2. The van der Waals surface area contributed by atoms with E-state index in [0.717, 1.165) is 37.9 Å². The van der Waals surface area contributed by atoms with Crippen LogP contribution < -0.4 is 10.9 Å². The molecule has 0 unspecified atom stereocenters. The lowest BCUT2D eigenvalue weighted by Crippen LogP contribution is -2.40. The molecular formula is C25H17N5O4. The Morgan fingerprint density at radius 1 is 1.03 bits per heavy atom. The Balaban J connectivity index is 1.43. The number of hydrogen-bond donors (Lipinski definition) is 5. The van der Waals surface area contributed by atoms with Crippen molar-refractivity contribution in [2.75, 3.05) is 5.32 Å². The summed E-state index contributed by atoms with van der Waals surface area (Å²) in [5, 5.41) is 31.4. The highest BCUT2D eigenvalue weighted by atomic mass is 16.6. The molecule has 2 aliphatic rings. The number of aliphatic hydroxyl groups is 2. The second-order valence-corrected chi connectivity index (χ2v) is 9.05. The van der Waals surface area contributed by atoms with Gasteiger partial charge in [-0.2, -0.15) is 4.98 Å². The van der Waals surface area contributed by atoms with Crippen LogP contribution in [-0.2, 0) is 10.5 Å². The van der Waals surface area contributed by atoms with Crippen molar-refractivity contribution < 1.29 is 14.9 Å². The molecule has 1 aliphatic carbocycles. The molecule has 0 radical (unpaired) electrons. The number of ether oxygens (including phenoxy) is 1. The zero-order valence-electron chi connectivity index (χ0n) is 17.5. The van der Waals surface area contributed by atoms with E-state index in [1.807, 2.05) is 24.3 Å². The number of nitrogens with one attached hydrogen (secondary N) is 3. The first kappa shape index (κ1) is 18.4. The molecule has 8 rings (SSSR count). The molecule has 2 aromatic heterocycles. The van der Waals surface area contributed by atoms with Crippen LogP contribution in [0.3, 0.4) is 0 Å². The number of imidazole rings is 1. The second kappa shape index (κ2) is 5.89. The number of aromatic amines is 2. The SMILES string of the molecule is O=c1[nH]c(N[C@@]23O[C@@H]2[C@H](O)[C@@H](O)c2cc4ccc5cccc6ccc(c23)c4c56)nc2nc[nH]c12. The van der Waals surface area contributed by atoms with Gasteiger partial charge in [0.2, 0.25) is 5.95 Å². The molecule has 34 heavy (non-hydrogen) atoms. The average molecular weight is 451 g/mol. The quantitative estimate of drug-likeness (QED) is 0.201. The number of benzene rings is 4. The van der Waals surface area contributed by atoms with Crippen molar-refractivity contribution in [2.24, 2.45) is 0 Å². The summed E-state index contributed by atoms with van der Waals surface area (Å²) in [7, 11) is 0. The van der Waals surface area contributed by atoms with Crippen molar-refractivity contribution in [2.45, 2.75) is 24.0 Å². The summed E-state index contributed by atoms with van der Waals surface area (Å²) in [6.45, 7) is 0. The number of aliphatic hydroxyl groups excluding tert-OH is 2. The van der Waals surface area contributed by atoms with Gasteiger partial charge in [-0.05, 0) is 43.9 Å². The molecule has 3 heterocycles. The van der Waals surface area contributed by atoms with E-state index in [4.69, 9.17) is 4.74 Å². The van der Waals surface area contributed by atoms with Crippen molar-refractivity contribution in [3.05, 3.63) is 76.3 Å². The first-order chi connectivity index (χ1) is 16.5. The van der Waals surface area contributed by atoms with Gasteiger partial charge in [-0.25, -0.2) is 4.98 Å². The highest BCUT2D eigenvalue weighted by molar-refractivity contribution is 6.24. The van der Waals surface area contributed by atoms with E-state index < -0.39 is 24.0 Å². The minimum Gasteiger partial charge on any atom is -0.387 e. The van der Waals surface area contributed by atoms with Gasteiger partial charge in [0, 0.05) is 5.56 Å². The molecule has 1 aliphatic heterocycles. The summed E-state index contributed by atoms with van der Waals surface area (Å²) >= 11 is 0. The lowest BCUT2D eigenvalue weighted by Gasteiger charge is -2.31. The van der Waals surface area contributed by atoms with Gasteiger partial charge in [-0.15, -0.1) is 0 Å². The van der Waals surface area contributed by atoms with Gasteiger partial charge in [-0.1, -0.05) is 42.5 Å². The highest BCUT2D eigenvalue weighted by Gasteiger charge is 2.68. The van der Waals surface area contributed by atoms with Crippen LogP contribution in [0.25, 0.3) is 43.5 Å². The van der Waals surface area contributed by atoms with Crippen molar-refractivity contribution in [1.82, 2.24) is 19.9 Å². The Kier molecular flexibility index (Phi) is 3.19. The third-order valence-corrected chi connectivity index (χ3v) is 7.26. The molecule has 0 spiro atoms. The molecule has 1 fully saturated rings. The monoisotopic (exact) mass is 451 g/mol. The predicted molar refractivity (Wildman–Crippen MR) is 126 cm³/mol. The maximum Gasteiger partial charge on any atom is 0.278 e. The topological polar surface area (TPSA) is 139 Å². The molecule has 0 bridgehead atoms. The van der Waals surface area contributed by atoms with Gasteiger partial charge >= 0.3 is 0 Å². The van der Waals surface area contributed by atoms with E-state index in [0.29, 0.717) is 5.56 Å². The summed E-state index contributed by atoms with van der Waals surface area (Å²) < 4.78 is 6.09. The molecule has 0 amide bonds. The largest absolute Gasteiger partial charge is 0.387 e. The zero-order chi connectivity index (χ0) is 22.8. The number of hydrogen-bond acceptors (Lipinski definition) is 7. The fourth-order valence-corrected chi connectivity index (χ4v) is 5.75. The molecule has 9 heteroatoms. The average Bonchev–Trinajstić information content (AvgIpc) is 3.36. The van der Waals surface area contributed by atoms with Crippen LogP contribution in [0.1, 0.15) is 17.2 Å². The first-order valence-electron chi connectivity index (χ1n) is 11.0. The molecule has 0 saturated carbocycles. The standard InChI is InChI=1S/C25H17N5O4/c31-19-14-8-12-5-4-10-2-1-3-11-6-7-13(16(12)15(10)11)17(14)25(21(34-25)20(19)32)30-24-28-22-18(23(33)29-24)26-9-27-22/h1-9,19-21,31-32H,(H3,26,27,28,29,30,33)/t19-,20+,21+,25-/m0/s1. The number of nitrogens with zero attached hydrogens (tertiary/aromatic N) is 2. The maximum absolute atomic E-state index is 12.5. The Hall–Kier alpha value is -4.05. The molecule has 166 valence electrons. The number of epoxide rings is 1. The Bertz CT molecular complexity index is 1840. The van der Waals surface area contributed by atoms with E-state index >= 15 is 0 Å². The molecule has 5 N–H and O–H groups in total. The van der Waals surface area contributed by atoms with Gasteiger partial charge in [0.1, 0.15) is 18.3 Å². The lowest BCUT2D eigenvalue weighted by molar-refractivity contribution is -0.000605. The van der Waals surface area contributed by atoms with E-state index in [9.17, 15) is 15.0 Å². The number of fused-ring (bicyclic) bond motifs is 5. The van der Waals surface area contributed by atoms with Gasteiger partial charge in [0.05, 0.1) is 6.33 Å².